The van der Waals surface area contributed by atoms with Crippen molar-refractivity contribution in [1.29, 1.82) is 0 Å². The van der Waals surface area contributed by atoms with Gasteiger partial charge in [0.25, 0.3) is 0 Å². The van der Waals surface area contributed by atoms with Crippen LogP contribution in [-0.2, 0) is 18.4 Å². The molecule has 0 N–H and O–H groups in total. The van der Waals surface area contributed by atoms with Crippen molar-refractivity contribution in [2.45, 2.75) is 19.4 Å². The Kier molecular flexibility index (Phi) is 3.45. The van der Waals surface area contributed by atoms with Gasteiger partial charge in [0, 0.05) is 56.0 Å². The van der Waals surface area contributed by atoms with Gasteiger partial charge in [0.15, 0.2) is 0 Å². The zero-order valence-corrected chi connectivity index (χ0v) is 13.5. The molecule has 5 nitrogen and oxygen atoms in total. The number of rotatable bonds is 3. The third-order valence-electron chi connectivity index (χ3n) is 5.07. The molecule has 5 heteroatoms. The number of benzene rings is 1. The first-order valence-electron chi connectivity index (χ1n) is 8.19. The molecule has 2 fully saturated rings. The maximum absolute atomic E-state index is 12.5. The first kappa shape index (κ1) is 14.5. The Balaban J connectivity index is 1.45. The summed E-state index contributed by atoms with van der Waals surface area (Å²) in [6.45, 7) is 3.83. The molecule has 4 rings (SSSR count). The second kappa shape index (κ2) is 5.49. The van der Waals surface area contributed by atoms with Crippen molar-refractivity contribution in [1.82, 2.24) is 14.7 Å². The van der Waals surface area contributed by atoms with Gasteiger partial charge in [-0.15, -0.1) is 0 Å². The molecule has 1 atom stereocenters. The summed E-state index contributed by atoms with van der Waals surface area (Å²) >= 11 is 0. The van der Waals surface area contributed by atoms with Crippen LogP contribution in [0, 0.1) is 5.41 Å². The fraction of sp³-hybridized carbons (Fsp3) is 0.444. The van der Waals surface area contributed by atoms with Crippen molar-refractivity contribution in [3.8, 4) is 0 Å². The molecule has 2 aromatic rings. The van der Waals surface area contributed by atoms with Crippen LogP contribution >= 0.6 is 0 Å². The van der Waals surface area contributed by atoms with Crippen molar-refractivity contribution < 1.29 is 4.79 Å². The van der Waals surface area contributed by atoms with E-state index in [1.165, 1.54) is 5.56 Å². The van der Waals surface area contributed by atoms with Crippen LogP contribution in [0.15, 0.2) is 42.7 Å². The predicted molar refractivity (Wildman–Crippen MR) is 88.9 cm³/mol. The van der Waals surface area contributed by atoms with E-state index >= 15 is 0 Å². The highest BCUT2D eigenvalue weighted by atomic mass is 16.2. The molecule has 1 amide bonds. The fourth-order valence-electron chi connectivity index (χ4n) is 3.99. The van der Waals surface area contributed by atoms with E-state index in [0.717, 1.165) is 38.3 Å². The summed E-state index contributed by atoms with van der Waals surface area (Å²) in [5.74, 6) is 0.263. The number of aromatic nitrogens is 2. The Morgan fingerprint density at radius 1 is 1.22 bits per heavy atom. The Hall–Kier alpha value is -2.14. The average molecular weight is 310 g/mol. The van der Waals surface area contributed by atoms with Gasteiger partial charge in [-0.05, 0) is 25.1 Å². The third kappa shape index (κ3) is 2.77. The number of aryl methyl sites for hydroxylation is 1. The molecule has 2 saturated heterocycles. The first-order valence-corrected chi connectivity index (χ1v) is 8.19. The summed E-state index contributed by atoms with van der Waals surface area (Å²) in [6, 6.07) is 10.0. The third-order valence-corrected chi connectivity index (χ3v) is 5.07. The topological polar surface area (TPSA) is 41.4 Å². The summed E-state index contributed by atoms with van der Waals surface area (Å²) in [5.41, 5.74) is 2.39. The zero-order chi connectivity index (χ0) is 15.9. The lowest BCUT2D eigenvalue weighted by Crippen LogP contribution is -2.31. The minimum Gasteiger partial charge on any atom is -0.312 e. The standard InChI is InChI=1S/C18H22N4O/c1-20-11-15(10-19-20)12-21-8-7-18(13-21)9-17(23)22(14-18)16-5-3-2-4-6-16/h2-6,10-11H,7-9,12-14H2,1H3/t18-/m1/s1. The van der Waals surface area contributed by atoms with Crippen LogP contribution in [0.5, 0.6) is 0 Å². The molecule has 1 aromatic heterocycles. The van der Waals surface area contributed by atoms with Crippen molar-refractivity contribution in [2.75, 3.05) is 24.5 Å². The quantitative estimate of drug-likeness (QED) is 0.871. The highest BCUT2D eigenvalue weighted by Crippen LogP contribution is 2.42. The number of carbonyl (C=O) groups excluding carboxylic acids is 1. The molecule has 2 aliphatic rings. The minimum absolute atomic E-state index is 0.120. The number of hydrogen-bond donors (Lipinski definition) is 0. The molecule has 0 bridgehead atoms. The van der Waals surface area contributed by atoms with Crippen LogP contribution in [0.1, 0.15) is 18.4 Å². The van der Waals surface area contributed by atoms with Crippen LogP contribution in [-0.4, -0.2) is 40.2 Å². The normalized spacial score (nSPS) is 24.9. The number of hydrogen-bond acceptors (Lipinski definition) is 3. The van der Waals surface area contributed by atoms with Gasteiger partial charge in [-0.2, -0.15) is 5.10 Å². The average Bonchev–Trinajstić information content (AvgIpc) is 3.22. The molecule has 0 saturated carbocycles. The second-order valence-corrected chi connectivity index (χ2v) is 6.98. The maximum atomic E-state index is 12.5. The lowest BCUT2D eigenvalue weighted by Gasteiger charge is -2.24. The van der Waals surface area contributed by atoms with Crippen molar-refractivity contribution >= 4 is 11.6 Å². The number of para-hydroxylation sites is 1. The highest BCUT2D eigenvalue weighted by Gasteiger charge is 2.47. The molecule has 2 aliphatic heterocycles. The summed E-state index contributed by atoms with van der Waals surface area (Å²) in [7, 11) is 1.95. The van der Waals surface area contributed by atoms with Gasteiger partial charge < -0.3 is 4.90 Å². The largest absolute Gasteiger partial charge is 0.312 e. The van der Waals surface area contributed by atoms with E-state index < -0.39 is 0 Å². The van der Waals surface area contributed by atoms with E-state index in [0.29, 0.717) is 6.42 Å². The van der Waals surface area contributed by atoms with E-state index in [1.807, 2.05) is 53.2 Å². The summed E-state index contributed by atoms with van der Waals surface area (Å²) in [6.07, 6.45) is 5.77. The smallest absolute Gasteiger partial charge is 0.227 e. The molecular weight excluding hydrogens is 288 g/mol. The lowest BCUT2D eigenvalue weighted by molar-refractivity contribution is -0.117. The number of likely N-dealkylation sites (tertiary alicyclic amines) is 1. The highest BCUT2D eigenvalue weighted by molar-refractivity contribution is 5.96. The van der Waals surface area contributed by atoms with E-state index in [9.17, 15) is 4.79 Å². The Morgan fingerprint density at radius 3 is 2.78 bits per heavy atom. The van der Waals surface area contributed by atoms with Crippen molar-refractivity contribution in [3.63, 3.8) is 0 Å². The van der Waals surface area contributed by atoms with Gasteiger partial charge in [-0.1, -0.05) is 18.2 Å². The molecule has 120 valence electrons. The summed E-state index contributed by atoms with van der Waals surface area (Å²) in [4.78, 5) is 16.9. The van der Waals surface area contributed by atoms with Crippen LogP contribution in [0.2, 0.25) is 0 Å². The van der Waals surface area contributed by atoms with Crippen LogP contribution < -0.4 is 4.90 Å². The van der Waals surface area contributed by atoms with Gasteiger partial charge in [-0.3, -0.25) is 14.4 Å². The lowest BCUT2D eigenvalue weighted by atomic mass is 9.86. The second-order valence-electron chi connectivity index (χ2n) is 6.98. The molecule has 0 radical (unpaired) electrons. The van der Waals surface area contributed by atoms with Crippen LogP contribution in [0.4, 0.5) is 5.69 Å². The molecule has 23 heavy (non-hydrogen) atoms. The molecule has 0 aliphatic carbocycles. The Morgan fingerprint density at radius 2 is 2.04 bits per heavy atom. The monoisotopic (exact) mass is 310 g/mol. The van der Waals surface area contributed by atoms with Gasteiger partial charge in [0.05, 0.1) is 6.20 Å². The van der Waals surface area contributed by atoms with Gasteiger partial charge in [-0.25, -0.2) is 0 Å². The molecule has 3 heterocycles. The predicted octanol–water partition coefficient (Wildman–Crippen LogP) is 2.05. The maximum Gasteiger partial charge on any atom is 0.227 e. The Bertz CT molecular complexity index is 711. The van der Waals surface area contributed by atoms with Gasteiger partial charge in [0.2, 0.25) is 5.91 Å². The number of anilines is 1. The number of carbonyl (C=O) groups is 1. The van der Waals surface area contributed by atoms with Crippen molar-refractivity contribution in [3.05, 3.63) is 48.3 Å². The fourth-order valence-corrected chi connectivity index (χ4v) is 3.99. The van der Waals surface area contributed by atoms with E-state index in [1.54, 1.807) is 0 Å². The minimum atomic E-state index is 0.120. The van der Waals surface area contributed by atoms with E-state index in [2.05, 4.69) is 16.2 Å². The van der Waals surface area contributed by atoms with E-state index in [-0.39, 0.29) is 11.3 Å². The van der Waals surface area contributed by atoms with Gasteiger partial charge >= 0.3 is 0 Å². The van der Waals surface area contributed by atoms with Crippen LogP contribution in [0.25, 0.3) is 0 Å². The molecule has 1 spiro atoms. The van der Waals surface area contributed by atoms with Gasteiger partial charge in [0.1, 0.15) is 0 Å². The first-order chi connectivity index (χ1) is 11.1. The summed E-state index contributed by atoms with van der Waals surface area (Å²) in [5, 5.41) is 4.24. The Labute approximate surface area is 136 Å². The summed E-state index contributed by atoms with van der Waals surface area (Å²) < 4.78 is 1.84. The van der Waals surface area contributed by atoms with Crippen LogP contribution in [0.3, 0.4) is 0 Å². The molecule has 1 aromatic carbocycles. The number of nitrogens with zero attached hydrogens (tertiary/aromatic N) is 4. The molecule has 0 unspecified atom stereocenters. The SMILES string of the molecule is Cn1cc(CN2CC[C@@]3(CC(=O)N(c4ccccc4)C3)C2)cn1. The number of amides is 1. The molecular formula is C18H22N4O. The van der Waals surface area contributed by atoms with Crippen molar-refractivity contribution in [2.24, 2.45) is 12.5 Å². The zero-order valence-electron chi connectivity index (χ0n) is 13.5. The van der Waals surface area contributed by atoms with E-state index in [4.69, 9.17) is 0 Å².